The normalized spacial score (nSPS) is 15.9. The first-order valence-electron chi connectivity index (χ1n) is 15.8. The van der Waals surface area contributed by atoms with Gasteiger partial charge in [-0.25, -0.2) is 15.0 Å². The second kappa shape index (κ2) is 12.7. The van der Waals surface area contributed by atoms with Crippen LogP contribution in [0.4, 0.5) is 5.82 Å². The highest BCUT2D eigenvalue weighted by atomic mass is 35.5. The quantitative estimate of drug-likeness (QED) is 0.172. The molecule has 0 bridgehead atoms. The van der Waals surface area contributed by atoms with E-state index in [2.05, 4.69) is 27.4 Å². The van der Waals surface area contributed by atoms with Crippen LogP contribution in [-0.2, 0) is 22.5 Å². The van der Waals surface area contributed by atoms with Crippen LogP contribution in [-0.4, -0.2) is 38.6 Å². The van der Waals surface area contributed by atoms with E-state index in [1.165, 1.54) is 0 Å². The molecular formula is C37H31ClN6O4. The molecule has 3 aromatic carbocycles. The molecule has 0 radical (unpaired) electrons. The molecule has 2 aliphatic rings. The van der Waals surface area contributed by atoms with Crippen LogP contribution in [0.1, 0.15) is 51.4 Å². The van der Waals surface area contributed by atoms with Gasteiger partial charge >= 0.3 is 0 Å². The van der Waals surface area contributed by atoms with E-state index in [1.54, 1.807) is 24.4 Å². The molecule has 0 spiro atoms. The summed E-state index contributed by atoms with van der Waals surface area (Å²) in [6.45, 7) is 1.35. The van der Waals surface area contributed by atoms with Gasteiger partial charge in [0.2, 0.25) is 0 Å². The lowest BCUT2D eigenvalue weighted by Gasteiger charge is -2.19. The number of aryl methyl sites for hydroxylation is 1. The largest absolute Gasteiger partial charge is 0.488 e. The van der Waals surface area contributed by atoms with Crippen LogP contribution in [0.15, 0.2) is 97.2 Å². The van der Waals surface area contributed by atoms with Crippen LogP contribution in [0.25, 0.3) is 28.2 Å². The number of hydrogen-bond donors (Lipinski definition) is 2. The lowest BCUT2D eigenvalue weighted by molar-refractivity contribution is -0.0459. The van der Waals surface area contributed by atoms with Crippen molar-refractivity contribution < 1.29 is 19.0 Å². The summed E-state index contributed by atoms with van der Waals surface area (Å²) in [6, 6.07) is 28.6. The maximum absolute atomic E-state index is 13.6. The number of nitrogens with two attached hydrogens (primary N) is 1. The van der Waals surface area contributed by atoms with Crippen LogP contribution in [0.5, 0.6) is 5.75 Å². The predicted octanol–water partition coefficient (Wildman–Crippen LogP) is 6.76. The second-order valence-corrected chi connectivity index (χ2v) is 12.1. The number of amides is 1. The van der Waals surface area contributed by atoms with E-state index in [9.17, 15) is 4.79 Å². The molecule has 10 nitrogen and oxygen atoms in total. The van der Waals surface area contributed by atoms with Gasteiger partial charge in [0.1, 0.15) is 28.8 Å². The Morgan fingerprint density at radius 2 is 1.81 bits per heavy atom. The Morgan fingerprint density at radius 3 is 2.65 bits per heavy atom. The maximum Gasteiger partial charge on any atom is 0.251 e. The first kappa shape index (κ1) is 30.1. The van der Waals surface area contributed by atoms with Crippen molar-refractivity contribution in [1.29, 1.82) is 0 Å². The first-order valence-corrected chi connectivity index (χ1v) is 16.1. The van der Waals surface area contributed by atoms with Crippen LogP contribution in [0, 0.1) is 0 Å². The fourth-order valence-corrected chi connectivity index (χ4v) is 6.52. The second-order valence-electron chi connectivity index (χ2n) is 11.7. The molecule has 6 aromatic rings. The number of imidazole rings is 1. The molecular weight excluding hydrogens is 628 g/mol. The van der Waals surface area contributed by atoms with Crippen LogP contribution >= 0.6 is 11.6 Å². The number of carbonyl (C=O) groups is 1. The fourth-order valence-electron chi connectivity index (χ4n) is 6.38. The number of pyridine rings is 2. The summed E-state index contributed by atoms with van der Waals surface area (Å²) in [6.07, 6.45) is 2.61. The van der Waals surface area contributed by atoms with Gasteiger partial charge in [0.15, 0.2) is 17.8 Å². The summed E-state index contributed by atoms with van der Waals surface area (Å²) in [5.74, 6) is 1.43. The number of hydrogen-bond acceptors (Lipinski definition) is 8. The highest BCUT2D eigenvalue weighted by Gasteiger charge is 2.28. The minimum atomic E-state index is -0.593. The number of rotatable bonds is 8. The molecule has 4 heterocycles. The van der Waals surface area contributed by atoms with E-state index >= 15 is 0 Å². The van der Waals surface area contributed by atoms with Gasteiger partial charge in [0.25, 0.3) is 5.91 Å². The molecule has 11 heteroatoms. The molecule has 1 aliphatic heterocycles. The minimum Gasteiger partial charge on any atom is -0.488 e. The van der Waals surface area contributed by atoms with E-state index in [0.717, 1.165) is 35.2 Å². The highest BCUT2D eigenvalue weighted by Crippen LogP contribution is 2.37. The number of nitrogens with zero attached hydrogens (tertiary/aromatic N) is 4. The van der Waals surface area contributed by atoms with Crippen molar-refractivity contribution in [3.8, 4) is 22.8 Å². The number of fused-ring (bicyclic) bond motifs is 2. The summed E-state index contributed by atoms with van der Waals surface area (Å²) in [5, 5.41) is 3.61. The molecule has 1 saturated heterocycles. The van der Waals surface area contributed by atoms with Crippen LogP contribution < -0.4 is 15.8 Å². The van der Waals surface area contributed by atoms with Gasteiger partial charge in [-0.1, -0.05) is 48.0 Å². The van der Waals surface area contributed by atoms with Gasteiger partial charge in [-0.05, 0) is 84.1 Å². The van der Waals surface area contributed by atoms with Gasteiger partial charge < -0.3 is 25.3 Å². The molecule has 0 saturated carbocycles. The number of aromatic nitrogens is 4. The molecule has 1 atom stereocenters. The number of ether oxygens (including phenoxy) is 3. The summed E-state index contributed by atoms with van der Waals surface area (Å²) in [7, 11) is 0. The Bertz CT molecular complexity index is 2150. The van der Waals surface area contributed by atoms with E-state index < -0.39 is 6.29 Å². The van der Waals surface area contributed by atoms with E-state index in [1.807, 2.05) is 65.2 Å². The zero-order valence-electron chi connectivity index (χ0n) is 25.8. The molecule has 1 aliphatic carbocycles. The Kier molecular flexibility index (Phi) is 7.97. The van der Waals surface area contributed by atoms with Crippen LogP contribution in [0.3, 0.4) is 0 Å². The topological polar surface area (TPSA) is 126 Å². The third-order valence-corrected chi connectivity index (χ3v) is 8.91. The minimum absolute atomic E-state index is 0.154. The predicted molar refractivity (Wildman–Crippen MR) is 182 cm³/mol. The zero-order valence-corrected chi connectivity index (χ0v) is 26.6. The standard InChI is InChI=1S/C37H31ClN6O4/c38-32-15-13-30-35(43-32)44(34(41-30)27-7-4-16-40-33(27)39)25-10-11-26-23(19-25)8-12-29(26)42-36(45)24-9-14-31(28(20-24)37-46-17-18-47-37)48-21-22-5-2-1-3-6-22/h1-7,9-11,13-16,19-20,29,37H,8,12,17-18,21H2,(H2,39,40)(H,42,45)/t29-/m0/s1. The lowest BCUT2D eigenvalue weighted by Crippen LogP contribution is -2.27. The van der Waals surface area contributed by atoms with Crippen molar-refractivity contribution in [3.05, 3.63) is 130 Å². The Balaban J connectivity index is 1.06. The number of nitrogens with one attached hydrogen (secondary N) is 1. The number of anilines is 1. The first-order chi connectivity index (χ1) is 23.5. The molecule has 8 rings (SSSR count). The number of nitrogen functional groups attached to an aromatic ring is 1. The monoisotopic (exact) mass is 658 g/mol. The molecule has 0 unspecified atom stereocenters. The van der Waals surface area contributed by atoms with Gasteiger partial charge in [0, 0.05) is 17.4 Å². The van der Waals surface area contributed by atoms with E-state index in [0.29, 0.717) is 70.2 Å². The Labute approximate surface area is 281 Å². The third-order valence-electron chi connectivity index (χ3n) is 8.70. The summed E-state index contributed by atoms with van der Waals surface area (Å²) >= 11 is 6.32. The molecule has 3 aromatic heterocycles. The summed E-state index contributed by atoms with van der Waals surface area (Å²) in [5.41, 5.74) is 13.6. The van der Waals surface area contributed by atoms with Crippen molar-refractivity contribution in [2.24, 2.45) is 0 Å². The van der Waals surface area contributed by atoms with Gasteiger partial charge in [-0.3, -0.25) is 9.36 Å². The van der Waals surface area contributed by atoms with Gasteiger partial charge in [-0.15, -0.1) is 0 Å². The SMILES string of the molecule is Nc1ncccc1-c1nc2ccc(Cl)nc2n1-c1ccc2c(c1)CC[C@@H]2NC(=O)c1ccc(OCc2ccccc2)c(C2OCCO2)c1. The average Bonchev–Trinajstić information content (AvgIpc) is 3.87. The summed E-state index contributed by atoms with van der Waals surface area (Å²) in [4.78, 5) is 27.4. The molecule has 48 heavy (non-hydrogen) atoms. The van der Waals surface area contributed by atoms with Gasteiger partial charge in [-0.2, -0.15) is 0 Å². The van der Waals surface area contributed by atoms with Crippen molar-refractivity contribution >= 4 is 34.5 Å². The van der Waals surface area contributed by atoms with Crippen molar-refractivity contribution in [2.75, 3.05) is 18.9 Å². The number of halogens is 1. The highest BCUT2D eigenvalue weighted by molar-refractivity contribution is 6.29. The number of benzene rings is 3. The molecule has 3 N–H and O–H groups in total. The van der Waals surface area contributed by atoms with Crippen LogP contribution in [0.2, 0.25) is 5.15 Å². The number of carbonyl (C=O) groups excluding carboxylic acids is 1. The molecule has 1 fully saturated rings. The van der Waals surface area contributed by atoms with E-state index in [4.69, 9.17) is 36.5 Å². The Morgan fingerprint density at radius 1 is 0.958 bits per heavy atom. The van der Waals surface area contributed by atoms with Crippen molar-refractivity contribution in [3.63, 3.8) is 0 Å². The van der Waals surface area contributed by atoms with Gasteiger partial charge in [0.05, 0.1) is 30.4 Å². The fraction of sp³-hybridized carbons (Fsp3) is 0.189. The Hall–Kier alpha value is -5.29. The molecule has 1 amide bonds. The molecule has 240 valence electrons. The van der Waals surface area contributed by atoms with Crippen molar-refractivity contribution in [1.82, 2.24) is 24.8 Å². The average molecular weight is 659 g/mol. The van der Waals surface area contributed by atoms with Crippen molar-refractivity contribution in [2.45, 2.75) is 31.8 Å². The smallest absolute Gasteiger partial charge is 0.251 e. The lowest BCUT2D eigenvalue weighted by atomic mass is 10.1. The zero-order chi connectivity index (χ0) is 32.6. The summed E-state index contributed by atoms with van der Waals surface area (Å²) < 4.78 is 19.7. The third kappa shape index (κ3) is 5.74. The maximum atomic E-state index is 13.6. The van der Waals surface area contributed by atoms with E-state index in [-0.39, 0.29) is 11.9 Å².